The summed E-state index contributed by atoms with van der Waals surface area (Å²) in [6.45, 7) is 9.35. The first-order valence-electron chi connectivity index (χ1n) is 35.5. The third-order valence-corrected chi connectivity index (χ3v) is 18.0. The van der Waals surface area contributed by atoms with Crippen LogP contribution < -0.4 is 0 Å². The third-order valence-electron chi connectivity index (χ3n) is 16.1. The van der Waals surface area contributed by atoms with E-state index in [4.69, 9.17) is 37.0 Å². The molecule has 0 aromatic rings. The summed E-state index contributed by atoms with van der Waals surface area (Å²) in [4.78, 5) is 72.2. The van der Waals surface area contributed by atoms with E-state index in [-0.39, 0.29) is 25.7 Å². The Balaban J connectivity index is 5.11. The molecule has 17 nitrogen and oxygen atoms in total. The number of ether oxygens (including phenoxy) is 4. The van der Waals surface area contributed by atoms with Gasteiger partial charge in [0.1, 0.15) is 19.3 Å². The summed E-state index contributed by atoms with van der Waals surface area (Å²) >= 11 is 0. The molecule has 0 aromatic carbocycles. The predicted molar refractivity (Wildman–Crippen MR) is 349 cm³/mol. The molecule has 0 aromatic heterocycles. The molecule has 0 aliphatic rings. The van der Waals surface area contributed by atoms with Gasteiger partial charge in [0.2, 0.25) is 0 Å². The van der Waals surface area contributed by atoms with Crippen LogP contribution in [0, 0.1) is 11.8 Å². The first-order valence-corrected chi connectivity index (χ1v) is 38.5. The van der Waals surface area contributed by atoms with Gasteiger partial charge in [-0.2, -0.15) is 0 Å². The van der Waals surface area contributed by atoms with Crippen molar-refractivity contribution >= 4 is 39.5 Å². The first-order chi connectivity index (χ1) is 41.9. The van der Waals surface area contributed by atoms with E-state index in [0.29, 0.717) is 31.6 Å². The van der Waals surface area contributed by atoms with Crippen LogP contribution in [0.5, 0.6) is 0 Å². The van der Waals surface area contributed by atoms with Crippen LogP contribution in [0.1, 0.15) is 343 Å². The van der Waals surface area contributed by atoms with Gasteiger partial charge in [0.15, 0.2) is 12.2 Å². The van der Waals surface area contributed by atoms with Crippen molar-refractivity contribution in [1.82, 2.24) is 0 Å². The Morgan fingerprint density at radius 3 is 0.874 bits per heavy atom. The van der Waals surface area contributed by atoms with E-state index in [1.165, 1.54) is 141 Å². The summed E-state index contributed by atoms with van der Waals surface area (Å²) < 4.78 is 68.0. The van der Waals surface area contributed by atoms with Crippen molar-refractivity contribution in [3.05, 3.63) is 0 Å². The van der Waals surface area contributed by atoms with Gasteiger partial charge in [-0.25, -0.2) is 9.13 Å². The minimum atomic E-state index is -4.95. The van der Waals surface area contributed by atoms with Gasteiger partial charge in [-0.3, -0.25) is 37.3 Å². The fourth-order valence-electron chi connectivity index (χ4n) is 10.2. The first kappa shape index (κ1) is 85.1. The molecule has 87 heavy (non-hydrogen) atoms. The Kier molecular flexibility index (Phi) is 59.0. The summed E-state index contributed by atoms with van der Waals surface area (Å²) in [5, 5.41) is 10.5. The molecule has 19 heteroatoms. The van der Waals surface area contributed by atoms with Crippen molar-refractivity contribution in [1.29, 1.82) is 0 Å². The molecule has 0 saturated carbocycles. The molecule has 0 heterocycles. The molecule has 0 aliphatic heterocycles. The van der Waals surface area contributed by atoms with Crippen molar-refractivity contribution in [3.63, 3.8) is 0 Å². The molecule has 0 bridgehead atoms. The van der Waals surface area contributed by atoms with Crippen LogP contribution in [0.25, 0.3) is 0 Å². The molecular formula is C68H132O17P2. The molecule has 0 radical (unpaired) electrons. The zero-order valence-electron chi connectivity index (χ0n) is 56.3. The molecule has 0 saturated heterocycles. The van der Waals surface area contributed by atoms with E-state index >= 15 is 0 Å². The van der Waals surface area contributed by atoms with Crippen LogP contribution in [0.3, 0.4) is 0 Å². The van der Waals surface area contributed by atoms with Gasteiger partial charge in [-0.1, -0.05) is 292 Å². The number of rotatable bonds is 67. The number of aliphatic hydroxyl groups excluding tert-OH is 1. The Hall–Kier alpha value is -1.94. The second-order valence-electron chi connectivity index (χ2n) is 25.3. The summed E-state index contributed by atoms with van der Waals surface area (Å²) in [6.07, 6.45) is 45.0. The second-order valence-corrected chi connectivity index (χ2v) is 28.2. The van der Waals surface area contributed by atoms with E-state index in [2.05, 4.69) is 41.5 Å². The standard InChI is InChI=1S/C68H132O17P2/c1-7-10-12-14-16-17-18-19-20-21-22-23-24-25-26-27-28-29-31-40-46-52-67(72)84-63(57-79-66(71)51-45-39-35-33-37-43-49-61(6)9-3)58-82-86(74,75)80-54-62(69)55-81-87(76,77)83-59-64(56-78-65(70)50-44-38-30-15-13-11-8-2)85-68(73)53-47-41-34-32-36-42-48-60(4)5/h60-64,69H,7-59H2,1-6H3,(H,74,75)(H,76,77)/t61?,62-,63-,64-/m1/s1. The van der Waals surface area contributed by atoms with Gasteiger partial charge in [-0.15, -0.1) is 0 Å². The molecule has 516 valence electrons. The van der Waals surface area contributed by atoms with Gasteiger partial charge in [-0.05, 0) is 37.5 Å². The molecule has 6 atom stereocenters. The maximum Gasteiger partial charge on any atom is 0.472 e. The quantitative estimate of drug-likeness (QED) is 0.0222. The Labute approximate surface area is 530 Å². The Morgan fingerprint density at radius 2 is 0.586 bits per heavy atom. The van der Waals surface area contributed by atoms with Crippen molar-refractivity contribution < 1.29 is 80.2 Å². The smallest absolute Gasteiger partial charge is 0.462 e. The van der Waals surface area contributed by atoms with E-state index in [1.807, 2.05) is 0 Å². The Bertz CT molecular complexity index is 1700. The van der Waals surface area contributed by atoms with Gasteiger partial charge in [0.25, 0.3) is 0 Å². The average molecular weight is 1280 g/mol. The lowest BCUT2D eigenvalue weighted by Crippen LogP contribution is -2.30. The van der Waals surface area contributed by atoms with Crippen molar-refractivity contribution in [2.24, 2.45) is 11.8 Å². The van der Waals surface area contributed by atoms with Crippen LogP contribution >= 0.6 is 15.6 Å². The number of esters is 4. The molecule has 3 unspecified atom stereocenters. The number of unbranched alkanes of at least 4 members (excludes halogenated alkanes) is 36. The summed E-state index contributed by atoms with van der Waals surface area (Å²) in [5.41, 5.74) is 0. The lowest BCUT2D eigenvalue weighted by atomic mass is 10.00. The number of hydrogen-bond acceptors (Lipinski definition) is 15. The van der Waals surface area contributed by atoms with Crippen LogP contribution in [0.15, 0.2) is 0 Å². The molecule has 0 aliphatic carbocycles. The number of phosphoric acid groups is 2. The molecule has 0 amide bonds. The molecule has 3 N–H and O–H groups in total. The van der Waals surface area contributed by atoms with Crippen molar-refractivity contribution in [2.75, 3.05) is 39.6 Å². The number of carbonyl (C=O) groups is 4. The highest BCUT2D eigenvalue weighted by Gasteiger charge is 2.30. The largest absolute Gasteiger partial charge is 0.472 e. The van der Waals surface area contributed by atoms with Gasteiger partial charge >= 0.3 is 39.5 Å². The minimum absolute atomic E-state index is 0.102. The fraction of sp³-hybridized carbons (Fsp3) is 0.941. The number of carbonyl (C=O) groups excluding carboxylic acids is 4. The van der Waals surface area contributed by atoms with E-state index in [0.717, 1.165) is 115 Å². The summed E-state index contributed by atoms with van der Waals surface area (Å²) in [7, 11) is -9.89. The fourth-order valence-corrected chi connectivity index (χ4v) is 11.8. The van der Waals surface area contributed by atoms with Gasteiger partial charge in [0.05, 0.1) is 26.4 Å². The number of hydrogen-bond donors (Lipinski definition) is 3. The predicted octanol–water partition coefficient (Wildman–Crippen LogP) is 19.2. The van der Waals surface area contributed by atoms with Gasteiger partial charge < -0.3 is 33.8 Å². The molecular weight excluding hydrogens is 1150 g/mol. The van der Waals surface area contributed by atoms with Crippen molar-refractivity contribution in [3.8, 4) is 0 Å². The lowest BCUT2D eigenvalue weighted by Gasteiger charge is -2.21. The van der Waals surface area contributed by atoms with E-state index in [9.17, 15) is 43.2 Å². The second kappa shape index (κ2) is 60.3. The zero-order chi connectivity index (χ0) is 64.3. The Morgan fingerprint density at radius 1 is 0.333 bits per heavy atom. The summed E-state index contributed by atoms with van der Waals surface area (Å²) in [5.74, 6) is -0.739. The molecule has 0 rings (SSSR count). The minimum Gasteiger partial charge on any atom is -0.462 e. The number of phosphoric ester groups is 2. The van der Waals surface area contributed by atoms with Gasteiger partial charge in [0, 0.05) is 25.7 Å². The van der Waals surface area contributed by atoms with Crippen molar-refractivity contribution in [2.45, 2.75) is 362 Å². The average Bonchev–Trinajstić information content (AvgIpc) is 3.70. The van der Waals surface area contributed by atoms with E-state index < -0.39 is 97.5 Å². The highest BCUT2D eigenvalue weighted by atomic mass is 31.2. The highest BCUT2D eigenvalue weighted by molar-refractivity contribution is 7.47. The number of aliphatic hydroxyl groups is 1. The third kappa shape index (κ3) is 61.3. The molecule has 0 fully saturated rings. The molecule has 0 spiro atoms. The lowest BCUT2D eigenvalue weighted by molar-refractivity contribution is -0.161. The normalized spacial score (nSPS) is 14.5. The maximum absolute atomic E-state index is 13.0. The maximum atomic E-state index is 13.0. The SMILES string of the molecule is CCCCCCCCCCCCCCCCCCCCCCCC(=O)O[C@H](COC(=O)CCCCCCCCC(C)CC)COP(=O)(O)OC[C@@H](O)COP(=O)(O)OC[C@@H](COC(=O)CCCCCCCCC)OC(=O)CCCCCCCCC(C)C. The zero-order valence-corrected chi connectivity index (χ0v) is 58.1. The van der Waals surface area contributed by atoms with Crippen LogP contribution in [-0.2, 0) is 65.4 Å². The van der Waals surface area contributed by atoms with Crippen LogP contribution in [0.4, 0.5) is 0 Å². The highest BCUT2D eigenvalue weighted by Crippen LogP contribution is 2.45. The van der Waals surface area contributed by atoms with E-state index in [1.54, 1.807) is 0 Å². The van der Waals surface area contributed by atoms with Crippen LogP contribution in [0.2, 0.25) is 0 Å². The topological polar surface area (TPSA) is 237 Å². The monoisotopic (exact) mass is 1280 g/mol. The van der Waals surface area contributed by atoms with Crippen LogP contribution in [-0.4, -0.2) is 96.7 Å². The summed E-state index contributed by atoms with van der Waals surface area (Å²) in [6, 6.07) is 0.